The average molecular weight is 216 g/mol. The Hall–Kier alpha value is -2.43. The number of carbonyl (C=O) groups is 1. The van der Waals surface area contributed by atoms with E-state index in [0.29, 0.717) is 5.69 Å². The first kappa shape index (κ1) is 10.1. The number of hydrogen-bond donors (Lipinski definition) is 1. The van der Waals surface area contributed by atoms with Gasteiger partial charge in [-0.25, -0.2) is 4.79 Å². The summed E-state index contributed by atoms with van der Waals surface area (Å²) in [5.41, 5.74) is 0.183. The van der Waals surface area contributed by atoms with Crippen molar-refractivity contribution >= 4 is 5.97 Å². The van der Waals surface area contributed by atoms with E-state index in [1.807, 2.05) is 0 Å². The Morgan fingerprint density at radius 2 is 2.19 bits per heavy atom. The van der Waals surface area contributed by atoms with Crippen molar-refractivity contribution in [2.24, 2.45) is 0 Å². The minimum absolute atomic E-state index is 0.0230. The molecular formula is C11H8N2O3. The topological polar surface area (TPSA) is 72.2 Å². The third kappa shape index (κ3) is 1.83. The Morgan fingerprint density at radius 3 is 2.75 bits per heavy atom. The smallest absolute Gasteiger partial charge is 0.335 e. The molecule has 0 bridgehead atoms. The normalized spacial score (nSPS) is 10.0. The summed E-state index contributed by atoms with van der Waals surface area (Å²) in [6, 6.07) is 5.87. The van der Waals surface area contributed by atoms with Gasteiger partial charge < -0.3 is 5.11 Å². The Kier molecular flexibility index (Phi) is 2.51. The third-order valence-corrected chi connectivity index (χ3v) is 2.09. The first-order valence-electron chi connectivity index (χ1n) is 4.55. The van der Waals surface area contributed by atoms with E-state index in [1.54, 1.807) is 18.3 Å². The van der Waals surface area contributed by atoms with Crippen LogP contribution in [0, 0.1) is 0 Å². The lowest BCUT2D eigenvalue weighted by atomic mass is 10.2. The van der Waals surface area contributed by atoms with Crippen LogP contribution in [0.3, 0.4) is 0 Å². The molecule has 0 radical (unpaired) electrons. The van der Waals surface area contributed by atoms with Crippen molar-refractivity contribution in [1.29, 1.82) is 0 Å². The molecule has 1 N–H and O–H groups in total. The molecule has 0 aromatic carbocycles. The van der Waals surface area contributed by atoms with Crippen LogP contribution < -0.4 is 5.56 Å². The lowest BCUT2D eigenvalue weighted by Crippen LogP contribution is -2.18. The molecule has 2 heterocycles. The van der Waals surface area contributed by atoms with Crippen LogP contribution in [0.4, 0.5) is 0 Å². The highest BCUT2D eigenvalue weighted by Crippen LogP contribution is 2.02. The fourth-order valence-electron chi connectivity index (χ4n) is 1.32. The Balaban J connectivity index is 2.53. The van der Waals surface area contributed by atoms with Crippen molar-refractivity contribution < 1.29 is 9.90 Å². The summed E-state index contributed by atoms with van der Waals surface area (Å²) in [4.78, 5) is 26.1. The zero-order chi connectivity index (χ0) is 11.5. The summed E-state index contributed by atoms with van der Waals surface area (Å²) < 4.78 is 1.33. The van der Waals surface area contributed by atoms with Crippen LogP contribution in [0.15, 0.2) is 47.7 Å². The summed E-state index contributed by atoms with van der Waals surface area (Å²) >= 11 is 0. The van der Waals surface area contributed by atoms with E-state index >= 15 is 0 Å². The molecule has 0 aliphatic heterocycles. The van der Waals surface area contributed by atoms with Gasteiger partial charge in [-0.3, -0.25) is 14.3 Å². The van der Waals surface area contributed by atoms with Gasteiger partial charge in [0.05, 0.1) is 17.4 Å². The van der Waals surface area contributed by atoms with Crippen molar-refractivity contribution in [1.82, 2.24) is 9.55 Å². The molecule has 2 aromatic rings. The highest BCUT2D eigenvalue weighted by atomic mass is 16.4. The van der Waals surface area contributed by atoms with E-state index in [-0.39, 0.29) is 5.56 Å². The van der Waals surface area contributed by atoms with Crippen LogP contribution in [0.25, 0.3) is 5.69 Å². The summed E-state index contributed by atoms with van der Waals surface area (Å²) in [6.45, 7) is 0. The second-order valence-corrected chi connectivity index (χ2v) is 3.14. The Bertz CT molecular complexity index is 575. The molecule has 2 aromatic heterocycles. The van der Waals surface area contributed by atoms with E-state index in [1.165, 1.54) is 23.0 Å². The molecule has 5 nitrogen and oxygen atoms in total. The van der Waals surface area contributed by atoms with Gasteiger partial charge in [-0.1, -0.05) is 0 Å². The second-order valence-electron chi connectivity index (χ2n) is 3.14. The minimum atomic E-state index is -1.12. The number of nitrogens with zero attached hydrogens (tertiary/aromatic N) is 2. The van der Waals surface area contributed by atoms with Gasteiger partial charge in [0.25, 0.3) is 5.56 Å². The zero-order valence-electron chi connectivity index (χ0n) is 8.20. The average Bonchev–Trinajstić information content (AvgIpc) is 2.30. The quantitative estimate of drug-likeness (QED) is 0.810. The van der Waals surface area contributed by atoms with Gasteiger partial charge in [0.2, 0.25) is 0 Å². The van der Waals surface area contributed by atoms with Crippen LogP contribution in [-0.2, 0) is 0 Å². The van der Waals surface area contributed by atoms with Gasteiger partial charge in [0.15, 0.2) is 0 Å². The van der Waals surface area contributed by atoms with E-state index in [0.717, 1.165) is 6.07 Å². The first-order valence-corrected chi connectivity index (χ1v) is 4.55. The summed E-state index contributed by atoms with van der Waals surface area (Å²) in [6.07, 6.45) is 4.55. The molecule has 0 saturated carbocycles. The second kappa shape index (κ2) is 3.98. The summed E-state index contributed by atoms with van der Waals surface area (Å²) in [5.74, 6) is -1.12. The molecule has 0 unspecified atom stereocenters. The van der Waals surface area contributed by atoms with Gasteiger partial charge in [-0.15, -0.1) is 0 Å². The SMILES string of the molecule is O=C(O)c1ccn(-c2cccnc2)c(=O)c1. The number of hydrogen-bond acceptors (Lipinski definition) is 3. The molecule has 16 heavy (non-hydrogen) atoms. The van der Waals surface area contributed by atoms with Gasteiger partial charge in [0, 0.05) is 18.5 Å². The molecule has 0 amide bonds. The van der Waals surface area contributed by atoms with E-state index in [9.17, 15) is 9.59 Å². The number of carboxylic acids is 1. The molecule has 0 atom stereocenters. The van der Waals surface area contributed by atoms with E-state index < -0.39 is 11.5 Å². The molecule has 0 aliphatic carbocycles. The van der Waals surface area contributed by atoms with Gasteiger partial charge in [-0.05, 0) is 18.2 Å². The fourth-order valence-corrected chi connectivity index (χ4v) is 1.32. The molecule has 2 rings (SSSR count). The molecule has 0 saturated heterocycles. The zero-order valence-corrected chi connectivity index (χ0v) is 8.20. The third-order valence-electron chi connectivity index (χ3n) is 2.09. The maximum atomic E-state index is 11.6. The van der Waals surface area contributed by atoms with Crippen molar-refractivity contribution in [2.45, 2.75) is 0 Å². The molecular weight excluding hydrogens is 208 g/mol. The molecule has 0 aliphatic rings. The number of pyridine rings is 2. The highest BCUT2D eigenvalue weighted by Gasteiger charge is 2.05. The number of rotatable bonds is 2. The van der Waals surface area contributed by atoms with Crippen LogP contribution in [0.5, 0.6) is 0 Å². The molecule has 80 valence electrons. The predicted octanol–water partition coefficient (Wildman–Crippen LogP) is 0.931. The van der Waals surface area contributed by atoms with Crippen LogP contribution in [-0.4, -0.2) is 20.6 Å². The number of aromatic nitrogens is 2. The largest absolute Gasteiger partial charge is 0.478 e. The highest BCUT2D eigenvalue weighted by molar-refractivity contribution is 5.87. The molecule has 5 heteroatoms. The lowest BCUT2D eigenvalue weighted by molar-refractivity contribution is 0.0696. The van der Waals surface area contributed by atoms with Crippen molar-refractivity contribution in [3.63, 3.8) is 0 Å². The standard InChI is InChI=1S/C11H8N2O3/c14-10-6-8(11(15)16)3-5-13(10)9-2-1-4-12-7-9/h1-7H,(H,15,16). The fraction of sp³-hybridized carbons (Fsp3) is 0. The van der Waals surface area contributed by atoms with Crippen molar-refractivity contribution in [3.8, 4) is 5.69 Å². The maximum absolute atomic E-state index is 11.6. The Morgan fingerprint density at radius 1 is 1.38 bits per heavy atom. The minimum Gasteiger partial charge on any atom is -0.478 e. The summed E-state index contributed by atoms with van der Waals surface area (Å²) in [7, 11) is 0. The predicted molar refractivity (Wildman–Crippen MR) is 56.8 cm³/mol. The number of aromatic carboxylic acids is 1. The van der Waals surface area contributed by atoms with Crippen LogP contribution in [0.1, 0.15) is 10.4 Å². The Labute approximate surface area is 90.6 Å². The monoisotopic (exact) mass is 216 g/mol. The van der Waals surface area contributed by atoms with Crippen LogP contribution in [0.2, 0.25) is 0 Å². The van der Waals surface area contributed by atoms with E-state index in [4.69, 9.17) is 5.11 Å². The van der Waals surface area contributed by atoms with Crippen molar-refractivity contribution in [2.75, 3.05) is 0 Å². The maximum Gasteiger partial charge on any atom is 0.335 e. The van der Waals surface area contributed by atoms with Crippen molar-refractivity contribution in [3.05, 3.63) is 58.8 Å². The van der Waals surface area contributed by atoms with Gasteiger partial charge in [0.1, 0.15) is 0 Å². The molecule has 0 spiro atoms. The van der Waals surface area contributed by atoms with E-state index in [2.05, 4.69) is 4.98 Å². The lowest BCUT2D eigenvalue weighted by Gasteiger charge is -2.04. The van der Waals surface area contributed by atoms with Gasteiger partial charge >= 0.3 is 5.97 Å². The van der Waals surface area contributed by atoms with Gasteiger partial charge in [-0.2, -0.15) is 0 Å². The number of carboxylic acid groups (broad SMARTS) is 1. The molecule has 0 fully saturated rings. The van der Waals surface area contributed by atoms with Crippen LogP contribution >= 0.6 is 0 Å². The first-order chi connectivity index (χ1) is 7.68. The summed E-state index contributed by atoms with van der Waals surface area (Å²) in [5, 5.41) is 8.71.